The Balaban J connectivity index is 1.45. The van der Waals surface area contributed by atoms with Crippen LogP contribution in [0.3, 0.4) is 0 Å². The minimum absolute atomic E-state index is 0.0574. The molecule has 3 aromatic carbocycles. The molecule has 3 amide bonds. The molecule has 0 saturated heterocycles. The van der Waals surface area contributed by atoms with Crippen LogP contribution in [0.5, 0.6) is 0 Å². The Labute approximate surface area is 246 Å². The Bertz CT molecular complexity index is 1560. The SMILES string of the molecule is CCCCCOC(=O)c1ccc(NC(=O)c2ccc(C)c(NC3=C(Cl)C(=O)N(c4ccc(F)c(Cl)c4)C3=O)c2)cc1. The molecule has 0 aliphatic carbocycles. The number of amides is 3. The van der Waals surface area contributed by atoms with Crippen molar-refractivity contribution in [2.24, 2.45) is 0 Å². The van der Waals surface area contributed by atoms with Crippen LogP contribution in [0, 0.1) is 12.7 Å². The van der Waals surface area contributed by atoms with E-state index < -0.39 is 29.5 Å². The molecule has 0 saturated carbocycles. The predicted molar refractivity (Wildman–Crippen MR) is 156 cm³/mol. The van der Waals surface area contributed by atoms with Crippen LogP contribution < -0.4 is 15.5 Å². The first-order chi connectivity index (χ1) is 19.6. The molecule has 8 nitrogen and oxygen atoms in total. The largest absolute Gasteiger partial charge is 0.462 e. The van der Waals surface area contributed by atoms with Gasteiger partial charge >= 0.3 is 5.97 Å². The summed E-state index contributed by atoms with van der Waals surface area (Å²) in [6.07, 6.45) is 2.82. The van der Waals surface area contributed by atoms with Crippen molar-refractivity contribution in [3.05, 3.63) is 98.9 Å². The molecule has 0 bridgehead atoms. The van der Waals surface area contributed by atoms with Crippen LogP contribution >= 0.6 is 23.2 Å². The van der Waals surface area contributed by atoms with Gasteiger partial charge in [-0.1, -0.05) is 49.0 Å². The number of hydrogen-bond acceptors (Lipinski definition) is 6. The Hall–Kier alpha value is -4.21. The number of unbranched alkanes of at least 4 members (excludes halogenated alkanes) is 2. The molecule has 1 aliphatic heterocycles. The summed E-state index contributed by atoms with van der Waals surface area (Å²) >= 11 is 12.0. The number of esters is 1. The van der Waals surface area contributed by atoms with Crippen molar-refractivity contribution < 1.29 is 28.3 Å². The highest BCUT2D eigenvalue weighted by atomic mass is 35.5. The van der Waals surface area contributed by atoms with Crippen molar-refractivity contribution >= 4 is 64.0 Å². The Morgan fingerprint density at radius 3 is 2.32 bits per heavy atom. The van der Waals surface area contributed by atoms with Gasteiger partial charge in [0.25, 0.3) is 17.7 Å². The first-order valence-electron chi connectivity index (χ1n) is 12.8. The zero-order valence-electron chi connectivity index (χ0n) is 22.2. The molecule has 0 radical (unpaired) electrons. The quantitative estimate of drug-likeness (QED) is 0.151. The maximum atomic E-state index is 13.6. The highest BCUT2D eigenvalue weighted by Crippen LogP contribution is 2.33. The van der Waals surface area contributed by atoms with Crippen LogP contribution in [0.2, 0.25) is 5.02 Å². The second-order valence-corrected chi connectivity index (χ2v) is 10.0. The van der Waals surface area contributed by atoms with E-state index >= 15 is 0 Å². The van der Waals surface area contributed by atoms with Crippen molar-refractivity contribution in [1.82, 2.24) is 0 Å². The van der Waals surface area contributed by atoms with E-state index in [1.807, 2.05) is 0 Å². The summed E-state index contributed by atoms with van der Waals surface area (Å²) in [5, 5.41) is 5.00. The smallest absolute Gasteiger partial charge is 0.338 e. The van der Waals surface area contributed by atoms with Crippen LogP contribution in [0.1, 0.15) is 52.5 Å². The van der Waals surface area contributed by atoms with Gasteiger partial charge in [0.2, 0.25) is 0 Å². The molecule has 0 fully saturated rings. The number of ether oxygens (including phenoxy) is 1. The molecule has 4 rings (SSSR count). The molecular weight excluding hydrogens is 572 g/mol. The zero-order chi connectivity index (χ0) is 29.7. The second kappa shape index (κ2) is 13.0. The molecular formula is C30H26Cl2FN3O5. The van der Waals surface area contributed by atoms with Crippen molar-refractivity contribution in [3.63, 3.8) is 0 Å². The number of carbonyl (C=O) groups excluding carboxylic acids is 4. The molecule has 212 valence electrons. The number of hydrogen-bond donors (Lipinski definition) is 2. The maximum Gasteiger partial charge on any atom is 0.338 e. The number of nitrogens with one attached hydrogen (secondary N) is 2. The van der Waals surface area contributed by atoms with E-state index in [0.717, 1.165) is 36.3 Å². The fraction of sp³-hybridized carbons (Fsp3) is 0.200. The molecule has 11 heteroatoms. The molecule has 1 heterocycles. The third-order valence-electron chi connectivity index (χ3n) is 6.31. The lowest BCUT2D eigenvalue weighted by atomic mass is 10.1. The molecule has 0 spiro atoms. The fourth-order valence-electron chi connectivity index (χ4n) is 4.00. The number of halogens is 3. The molecule has 41 heavy (non-hydrogen) atoms. The summed E-state index contributed by atoms with van der Waals surface area (Å²) in [6.45, 7) is 4.17. The van der Waals surface area contributed by atoms with E-state index in [9.17, 15) is 23.6 Å². The summed E-state index contributed by atoms with van der Waals surface area (Å²) in [5.41, 5.74) is 1.99. The van der Waals surface area contributed by atoms with Gasteiger partial charge in [0, 0.05) is 16.9 Å². The predicted octanol–water partition coefficient (Wildman–Crippen LogP) is 6.82. The molecule has 0 aromatic heterocycles. The van der Waals surface area contributed by atoms with Gasteiger partial charge in [-0.15, -0.1) is 0 Å². The topological polar surface area (TPSA) is 105 Å². The summed E-state index contributed by atoms with van der Waals surface area (Å²) in [6, 6.07) is 14.5. The third-order valence-corrected chi connectivity index (χ3v) is 6.95. The van der Waals surface area contributed by atoms with Gasteiger partial charge in [-0.25, -0.2) is 14.1 Å². The lowest BCUT2D eigenvalue weighted by molar-refractivity contribution is -0.120. The standard InChI is InChI=1S/C30H26Cl2FN3O5/c1-3-4-5-14-41-30(40)18-8-10-20(11-9-18)34-27(37)19-7-6-17(2)24(15-19)35-26-25(32)28(38)36(29(26)39)21-12-13-23(33)22(31)16-21/h6-13,15-16,35H,3-5,14H2,1-2H3,(H,34,37). The van der Waals surface area contributed by atoms with Gasteiger partial charge < -0.3 is 15.4 Å². The summed E-state index contributed by atoms with van der Waals surface area (Å²) < 4.78 is 18.8. The average Bonchev–Trinajstić information content (AvgIpc) is 3.16. The van der Waals surface area contributed by atoms with Crippen LogP contribution in [-0.4, -0.2) is 30.3 Å². The molecule has 1 aliphatic rings. The number of aryl methyl sites for hydroxylation is 1. The minimum atomic E-state index is -0.804. The van der Waals surface area contributed by atoms with Gasteiger partial charge in [0.1, 0.15) is 16.5 Å². The average molecular weight is 598 g/mol. The highest BCUT2D eigenvalue weighted by molar-refractivity contribution is 6.53. The van der Waals surface area contributed by atoms with E-state index in [0.29, 0.717) is 29.1 Å². The van der Waals surface area contributed by atoms with Crippen molar-refractivity contribution in [2.75, 3.05) is 22.1 Å². The van der Waals surface area contributed by atoms with Gasteiger partial charge in [0.05, 0.1) is 22.9 Å². The van der Waals surface area contributed by atoms with Crippen molar-refractivity contribution in [2.45, 2.75) is 33.1 Å². The Kier molecular flexibility index (Phi) is 9.42. The van der Waals surface area contributed by atoms with E-state index in [4.69, 9.17) is 27.9 Å². The number of benzene rings is 3. The summed E-state index contributed by atoms with van der Waals surface area (Å²) in [4.78, 5) is 51.8. The van der Waals surface area contributed by atoms with E-state index in [1.54, 1.807) is 43.3 Å². The van der Waals surface area contributed by atoms with Crippen LogP contribution in [0.4, 0.5) is 21.5 Å². The monoisotopic (exact) mass is 597 g/mol. The van der Waals surface area contributed by atoms with Crippen LogP contribution in [0.25, 0.3) is 0 Å². The number of carbonyl (C=O) groups is 4. The summed E-state index contributed by atoms with van der Waals surface area (Å²) in [7, 11) is 0. The number of anilines is 3. The lowest BCUT2D eigenvalue weighted by Gasteiger charge is -2.16. The fourth-order valence-corrected chi connectivity index (χ4v) is 4.38. The molecule has 2 N–H and O–H groups in total. The summed E-state index contributed by atoms with van der Waals surface area (Å²) in [5.74, 6) is -3.14. The molecule has 3 aromatic rings. The van der Waals surface area contributed by atoms with Gasteiger partial charge in [0.15, 0.2) is 0 Å². The van der Waals surface area contributed by atoms with Crippen molar-refractivity contribution in [3.8, 4) is 0 Å². The van der Waals surface area contributed by atoms with Gasteiger partial charge in [-0.05, 0) is 73.5 Å². The Morgan fingerprint density at radius 2 is 1.63 bits per heavy atom. The Morgan fingerprint density at radius 1 is 0.927 bits per heavy atom. The van der Waals surface area contributed by atoms with Crippen LogP contribution in [0.15, 0.2) is 71.4 Å². The number of rotatable bonds is 10. The van der Waals surface area contributed by atoms with Crippen molar-refractivity contribution in [1.29, 1.82) is 0 Å². The van der Waals surface area contributed by atoms with E-state index in [-0.39, 0.29) is 27.0 Å². The van der Waals surface area contributed by atoms with Gasteiger partial charge in [-0.3, -0.25) is 14.4 Å². The lowest BCUT2D eigenvalue weighted by Crippen LogP contribution is -2.32. The molecule has 0 unspecified atom stereocenters. The minimum Gasteiger partial charge on any atom is -0.462 e. The second-order valence-electron chi connectivity index (χ2n) is 9.26. The van der Waals surface area contributed by atoms with E-state index in [2.05, 4.69) is 17.6 Å². The van der Waals surface area contributed by atoms with E-state index in [1.165, 1.54) is 12.1 Å². The molecule has 0 atom stereocenters. The highest BCUT2D eigenvalue weighted by Gasteiger charge is 2.39. The number of imide groups is 1. The first kappa shape index (κ1) is 29.8. The first-order valence-corrected chi connectivity index (χ1v) is 13.6. The van der Waals surface area contributed by atoms with Crippen LogP contribution in [-0.2, 0) is 14.3 Å². The number of nitrogens with zero attached hydrogens (tertiary/aromatic N) is 1. The third kappa shape index (κ3) is 6.75. The maximum absolute atomic E-state index is 13.6. The zero-order valence-corrected chi connectivity index (χ0v) is 23.7. The normalized spacial score (nSPS) is 13.0. The van der Waals surface area contributed by atoms with Gasteiger partial charge in [-0.2, -0.15) is 0 Å².